The molecule has 1 atom stereocenters. The Labute approximate surface area is 99.4 Å². The molecule has 96 valence electrons. The van der Waals surface area contributed by atoms with E-state index in [1.807, 2.05) is 0 Å². The van der Waals surface area contributed by atoms with E-state index < -0.39 is 23.7 Å². The number of hydrogen-bond donors (Lipinski definition) is 1. The van der Waals surface area contributed by atoms with Gasteiger partial charge in [0.2, 0.25) is 0 Å². The number of hydrogen-bond acceptors (Lipinski definition) is 3. The number of aromatic nitrogens is 3. The van der Waals surface area contributed by atoms with Crippen molar-refractivity contribution in [3.63, 3.8) is 0 Å². The smallest absolute Gasteiger partial charge is 0.365 e. The molecule has 0 saturated heterocycles. The van der Waals surface area contributed by atoms with Gasteiger partial charge in [0.05, 0.1) is 11.6 Å². The van der Waals surface area contributed by atoms with Crippen molar-refractivity contribution in [3.8, 4) is 0 Å². The maximum absolute atomic E-state index is 12.7. The summed E-state index contributed by atoms with van der Waals surface area (Å²) in [7, 11) is 0. The monoisotopic (exact) mass is 258 g/mol. The number of primary amides is 1. The lowest BCUT2D eigenvalue weighted by molar-refractivity contribution is -0.147. The molecule has 2 aromatic heterocycles. The Bertz CT molecular complexity index is 605. The maximum atomic E-state index is 12.7. The summed E-state index contributed by atoms with van der Waals surface area (Å²) in [5.74, 6) is -2.86. The van der Waals surface area contributed by atoms with E-state index in [2.05, 4.69) is 10.1 Å². The molecular formula is C10H9F3N4O. The number of alkyl halides is 3. The van der Waals surface area contributed by atoms with E-state index in [9.17, 15) is 18.0 Å². The van der Waals surface area contributed by atoms with Crippen LogP contribution in [0.1, 0.15) is 28.9 Å². The molecule has 0 spiro atoms. The average Bonchev–Trinajstić information content (AvgIpc) is 2.65. The first-order valence-corrected chi connectivity index (χ1v) is 5.02. The van der Waals surface area contributed by atoms with E-state index in [1.54, 1.807) is 0 Å². The minimum absolute atomic E-state index is 0.0242. The molecule has 0 bridgehead atoms. The molecule has 18 heavy (non-hydrogen) atoms. The molecule has 2 N–H and O–H groups in total. The highest BCUT2D eigenvalue weighted by Crippen LogP contribution is 2.35. The SMILES string of the molecule is C[C@H](c1nn2cccnc2c1C(N)=O)C(F)(F)F. The molecule has 8 heteroatoms. The van der Waals surface area contributed by atoms with Gasteiger partial charge in [0.15, 0.2) is 5.65 Å². The van der Waals surface area contributed by atoms with Crippen LogP contribution in [0.15, 0.2) is 18.5 Å². The Hall–Kier alpha value is -2.12. The first-order valence-electron chi connectivity index (χ1n) is 5.02. The van der Waals surface area contributed by atoms with Gasteiger partial charge >= 0.3 is 6.18 Å². The zero-order valence-corrected chi connectivity index (χ0v) is 9.27. The molecule has 0 aliphatic carbocycles. The summed E-state index contributed by atoms with van der Waals surface area (Å²) >= 11 is 0. The van der Waals surface area contributed by atoms with E-state index in [0.29, 0.717) is 0 Å². The fourth-order valence-corrected chi connectivity index (χ4v) is 1.60. The number of fused-ring (bicyclic) bond motifs is 1. The van der Waals surface area contributed by atoms with Crippen LogP contribution in [-0.2, 0) is 0 Å². The molecule has 0 aliphatic rings. The van der Waals surface area contributed by atoms with Crippen LogP contribution in [0.5, 0.6) is 0 Å². The van der Waals surface area contributed by atoms with Crippen molar-refractivity contribution in [2.45, 2.75) is 19.0 Å². The van der Waals surface area contributed by atoms with Crippen molar-refractivity contribution < 1.29 is 18.0 Å². The number of carbonyl (C=O) groups is 1. The van der Waals surface area contributed by atoms with Crippen LogP contribution in [0, 0.1) is 0 Å². The van der Waals surface area contributed by atoms with Crippen LogP contribution in [0.25, 0.3) is 5.65 Å². The van der Waals surface area contributed by atoms with Crippen molar-refractivity contribution in [3.05, 3.63) is 29.7 Å². The van der Waals surface area contributed by atoms with E-state index >= 15 is 0 Å². The normalized spacial score (nSPS) is 13.8. The van der Waals surface area contributed by atoms with Gasteiger partial charge in [0.25, 0.3) is 5.91 Å². The number of rotatable bonds is 2. The third-order valence-electron chi connectivity index (χ3n) is 2.57. The molecule has 2 aromatic rings. The summed E-state index contributed by atoms with van der Waals surface area (Å²) < 4.78 is 39.2. The van der Waals surface area contributed by atoms with Gasteiger partial charge in [0, 0.05) is 12.4 Å². The van der Waals surface area contributed by atoms with Crippen LogP contribution < -0.4 is 5.73 Å². The molecule has 2 rings (SSSR count). The number of carbonyl (C=O) groups excluding carboxylic acids is 1. The van der Waals surface area contributed by atoms with Crippen LogP contribution in [-0.4, -0.2) is 26.7 Å². The van der Waals surface area contributed by atoms with Gasteiger partial charge in [-0.15, -0.1) is 0 Å². The Morgan fingerprint density at radius 2 is 2.17 bits per heavy atom. The van der Waals surface area contributed by atoms with Crippen molar-refractivity contribution in [2.75, 3.05) is 0 Å². The Balaban J connectivity index is 2.71. The summed E-state index contributed by atoms with van der Waals surface area (Å²) in [6, 6.07) is 1.49. The highest BCUT2D eigenvalue weighted by molar-refractivity contribution is 6.00. The molecule has 5 nitrogen and oxygen atoms in total. The fraction of sp³-hybridized carbons (Fsp3) is 0.300. The zero-order valence-electron chi connectivity index (χ0n) is 9.27. The van der Waals surface area contributed by atoms with E-state index in [1.165, 1.54) is 18.5 Å². The predicted octanol–water partition coefficient (Wildman–Crippen LogP) is 1.49. The zero-order chi connectivity index (χ0) is 13.5. The van der Waals surface area contributed by atoms with Crippen LogP contribution >= 0.6 is 0 Å². The maximum Gasteiger partial charge on any atom is 0.397 e. The van der Waals surface area contributed by atoms with Crippen molar-refractivity contribution in [2.24, 2.45) is 5.73 Å². The first-order chi connectivity index (χ1) is 8.32. The van der Waals surface area contributed by atoms with E-state index in [0.717, 1.165) is 11.4 Å². The lowest BCUT2D eigenvalue weighted by Crippen LogP contribution is -2.22. The molecule has 0 radical (unpaired) electrons. The van der Waals surface area contributed by atoms with Crippen LogP contribution in [0.3, 0.4) is 0 Å². The van der Waals surface area contributed by atoms with E-state index in [-0.39, 0.29) is 11.2 Å². The third kappa shape index (κ3) is 1.89. The largest absolute Gasteiger partial charge is 0.397 e. The van der Waals surface area contributed by atoms with Gasteiger partial charge in [-0.3, -0.25) is 4.79 Å². The quantitative estimate of drug-likeness (QED) is 0.886. The second kappa shape index (κ2) is 3.97. The summed E-state index contributed by atoms with van der Waals surface area (Å²) in [6.07, 6.45) is -1.74. The van der Waals surface area contributed by atoms with Gasteiger partial charge in [-0.1, -0.05) is 0 Å². The van der Waals surface area contributed by atoms with Gasteiger partial charge < -0.3 is 5.73 Å². The third-order valence-corrected chi connectivity index (χ3v) is 2.57. The van der Waals surface area contributed by atoms with Gasteiger partial charge in [-0.25, -0.2) is 9.50 Å². The summed E-state index contributed by atoms with van der Waals surface area (Å²) in [5.41, 5.74) is 4.43. The fourth-order valence-electron chi connectivity index (χ4n) is 1.60. The minimum Gasteiger partial charge on any atom is -0.365 e. The molecular weight excluding hydrogens is 249 g/mol. The minimum atomic E-state index is -4.50. The Morgan fingerprint density at radius 1 is 1.50 bits per heavy atom. The van der Waals surface area contributed by atoms with Gasteiger partial charge in [0.1, 0.15) is 5.56 Å². The van der Waals surface area contributed by atoms with Crippen LogP contribution in [0.4, 0.5) is 13.2 Å². The molecule has 0 aromatic carbocycles. The molecule has 1 amide bonds. The van der Waals surface area contributed by atoms with Crippen LogP contribution in [0.2, 0.25) is 0 Å². The van der Waals surface area contributed by atoms with E-state index in [4.69, 9.17) is 5.73 Å². The molecule has 0 unspecified atom stereocenters. The average molecular weight is 258 g/mol. The lowest BCUT2D eigenvalue weighted by atomic mass is 10.0. The summed E-state index contributed by atoms with van der Waals surface area (Å²) in [4.78, 5) is 15.1. The molecule has 2 heterocycles. The van der Waals surface area contributed by atoms with Gasteiger partial charge in [-0.2, -0.15) is 18.3 Å². The van der Waals surface area contributed by atoms with Crippen molar-refractivity contribution in [1.82, 2.24) is 14.6 Å². The number of nitrogens with zero attached hydrogens (tertiary/aromatic N) is 3. The number of halogens is 3. The number of amides is 1. The van der Waals surface area contributed by atoms with Crippen molar-refractivity contribution in [1.29, 1.82) is 0 Å². The molecule has 0 saturated carbocycles. The number of nitrogens with two attached hydrogens (primary N) is 1. The van der Waals surface area contributed by atoms with Gasteiger partial charge in [-0.05, 0) is 13.0 Å². The predicted molar refractivity (Wildman–Crippen MR) is 56.0 cm³/mol. The highest BCUT2D eigenvalue weighted by Gasteiger charge is 2.41. The standard InChI is InChI=1S/C10H9F3N4O/c1-5(10(11,12)13)7-6(8(14)18)9-15-3-2-4-17(9)16-7/h2-5H,1H3,(H2,14,18)/t5-/m1/s1. The van der Waals surface area contributed by atoms with Crippen molar-refractivity contribution >= 4 is 11.6 Å². The molecule has 0 aliphatic heterocycles. The Morgan fingerprint density at radius 3 is 2.72 bits per heavy atom. The molecule has 0 fully saturated rings. The first kappa shape index (κ1) is 12.3. The lowest BCUT2D eigenvalue weighted by Gasteiger charge is -2.13. The second-order valence-corrected chi connectivity index (χ2v) is 3.78. The second-order valence-electron chi connectivity index (χ2n) is 3.78. The Kier molecular flexibility index (Phi) is 2.72. The topological polar surface area (TPSA) is 73.3 Å². The highest BCUT2D eigenvalue weighted by atomic mass is 19.4. The summed E-state index contributed by atoms with van der Waals surface area (Å²) in [5, 5.41) is 3.73. The summed E-state index contributed by atoms with van der Waals surface area (Å²) in [6.45, 7) is 0.925.